The molecule has 114 valence electrons. The van der Waals surface area contributed by atoms with E-state index in [1.165, 1.54) is 12.1 Å². The van der Waals surface area contributed by atoms with Crippen molar-refractivity contribution in [2.24, 2.45) is 11.7 Å². The number of nitrogens with two attached hydrogens (primary N) is 1. The molecule has 1 saturated heterocycles. The Morgan fingerprint density at radius 2 is 2.24 bits per heavy atom. The summed E-state index contributed by atoms with van der Waals surface area (Å²) in [5, 5.41) is 3.30. The Kier molecular flexibility index (Phi) is 4.22. The van der Waals surface area contributed by atoms with E-state index in [0.717, 1.165) is 31.4 Å². The van der Waals surface area contributed by atoms with Crippen LogP contribution in [0.4, 0.5) is 4.39 Å². The monoisotopic (exact) mass is 291 g/mol. The highest BCUT2D eigenvalue weighted by Crippen LogP contribution is 2.30. The molecule has 0 radical (unpaired) electrons. The Morgan fingerprint density at radius 1 is 1.38 bits per heavy atom. The van der Waals surface area contributed by atoms with Crippen LogP contribution in [0.25, 0.3) is 0 Å². The lowest BCUT2D eigenvalue weighted by atomic mass is 9.99. The summed E-state index contributed by atoms with van der Waals surface area (Å²) in [6.07, 6.45) is 2.57. The molecular weight excluding hydrogens is 269 g/mol. The molecule has 3 atom stereocenters. The number of halogens is 1. The molecule has 1 amide bonds. The minimum absolute atomic E-state index is 0.0363. The summed E-state index contributed by atoms with van der Waals surface area (Å²) < 4.78 is 13.5. The highest BCUT2D eigenvalue weighted by atomic mass is 19.1. The van der Waals surface area contributed by atoms with E-state index >= 15 is 0 Å². The number of piperazine rings is 1. The molecule has 21 heavy (non-hydrogen) atoms. The third-order valence-corrected chi connectivity index (χ3v) is 4.58. The molecule has 1 heterocycles. The van der Waals surface area contributed by atoms with Crippen molar-refractivity contribution < 1.29 is 9.18 Å². The number of hydrogen-bond acceptors (Lipinski definition) is 3. The number of nitrogens with one attached hydrogen (secondary N) is 1. The fourth-order valence-electron chi connectivity index (χ4n) is 3.45. The first-order valence-corrected chi connectivity index (χ1v) is 7.67. The number of hydrogen-bond donors (Lipinski definition) is 2. The van der Waals surface area contributed by atoms with Gasteiger partial charge in [-0.25, -0.2) is 4.39 Å². The molecule has 1 aliphatic carbocycles. The predicted octanol–water partition coefficient (Wildman–Crippen LogP) is 1.43. The first-order valence-electron chi connectivity index (χ1n) is 7.67. The summed E-state index contributed by atoms with van der Waals surface area (Å²) >= 11 is 0. The fourth-order valence-corrected chi connectivity index (χ4v) is 3.45. The SMILES string of the molecule is NC1CCC(C(=O)N2CCNCC2c2cccc(F)c2)C1. The summed E-state index contributed by atoms with van der Waals surface area (Å²) in [4.78, 5) is 14.7. The molecule has 3 unspecified atom stereocenters. The van der Waals surface area contributed by atoms with Gasteiger partial charge in [0.15, 0.2) is 0 Å². The Labute approximate surface area is 124 Å². The Balaban J connectivity index is 1.79. The number of amides is 1. The van der Waals surface area contributed by atoms with E-state index in [1.807, 2.05) is 11.0 Å². The lowest BCUT2D eigenvalue weighted by Crippen LogP contribution is -2.50. The molecule has 0 bridgehead atoms. The topological polar surface area (TPSA) is 58.4 Å². The van der Waals surface area contributed by atoms with Crippen molar-refractivity contribution in [3.8, 4) is 0 Å². The molecule has 1 aliphatic heterocycles. The minimum Gasteiger partial charge on any atom is -0.333 e. The molecule has 0 spiro atoms. The van der Waals surface area contributed by atoms with Crippen molar-refractivity contribution in [3.05, 3.63) is 35.6 Å². The predicted molar refractivity (Wildman–Crippen MR) is 79.0 cm³/mol. The zero-order valence-corrected chi connectivity index (χ0v) is 12.1. The third-order valence-electron chi connectivity index (χ3n) is 4.58. The number of benzene rings is 1. The first-order chi connectivity index (χ1) is 10.1. The van der Waals surface area contributed by atoms with E-state index in [1.54, 1.807) is 6.07 Å². The van der Waals surface area contributed by atoms with Crippen molar-refractivity contribution in [1.82, 2.24) is 10.2 Å². The van der Waals surface area contributed by atoms with Gasteiger partial charge in [0, 0.05) is 31.6 Å². The van der Waals surface area contributed by atoms with Crippen molar-refractivity contribution in [2.45, 2.75) is 31.3 Å². The van der Waals surface area contributed by atoms with E-state index in [2.05, 4.69) is 5.32 Å². The maximum Gasteiger partial charge on any atom is 0.226 e. The summed E-state index contributed by atoms with van der Waals surface area (Å²) in [7, 11) is 0. The standard InChI is InChI=1S/C16H22FN3O/c17-13-3-1-2-11(8-13)15-10-19-6-7-20(15)16(21)12-4-5-14(18)9-12/h1-3,8,12,14-15,19H,4-7,9-10,18H2. The fraction of sp³-hybridized carbons (Fsp3) is 0.562. The highest BCUT2D eigenvalue weighted by Gasteiger charge is 2.35. The van der Waals surface area contributed by atoms with Crippen LogP contribution < -0.4 is 11.1 Å². The van der Waals surface area contributed by atoms with Crippen LogP contribution in [-0.4, -0.2) is 36.5 Å². The zero-order valence-electron chi connectivity index (χ0n) is 12.1. The van der Waals surface area contributed by atoms with Gasteiger partial charge in [0.25, 0.3) is 0 Å². The van der Waals surface area contributed by atoms with Crippen molar-refractivity contribution in [1.29, 1.82) is 0 Å². The average Bonchev–Trinajstić information content (AvgIpc) is 2.93. The van der Waals surface area contributed by atoms with Gasteiger partial charge < -0.3 is 16.0 Å². The summed E-state index contributed by atoms with van der Waals surface area (Å²) in [5.41, 5.74) is 6.78. The molecule has 0 aromatic heterocycles. The average molecular weight is 291 g/mol. The summed E-state index contributed by atoms with van der Waals surface area (Å²) in [6, 6.07) is 6.61. The van der Waals surface area contributed by atoms with Crippen LogP contribution in [0, 0.1) is 11.7 Å². The normalized spacial score (nSPS) is 29.6. The molecule has 1 aromatic rings. The van der Waals surface area contributed by atoms with Gasteiger partial charge in [-0.05, 0) is 37.0 Å². The Hall–Kier alpha value is -1.46. The number of nitrogens with zero attached hydrogens (tertiary/aromatic N) is 1. The van der Waals surface area contributed by atoms with E-state index in [0.29, 0.717) is 13.1 Å². The van der Waals surface area contributed by atoms with Crippen molar-refractivity contribution in [2.75, 3.05) is 19.6 Å². The van der Waals surface area contributed by atoms with Crippen LogP contribution in [0.2, 0.25) is 0 Å². The molecule has 4 nitrogen and oxygen atoms in total. The second-order valence-electron chi connectivity index (χ2n) is 6.08. The summed E-state index contributed by atoms with van der Waals surface area (Å²) in [6.45, 7) is 2.13. The second kappa shape index (κ2) is 6.12. The Bertz CT molecular complexity index is 522. The molecule has 3 rings (SSSR count). The largest absolute Gasteiger partial charge is 0.333 e. The van der Waals surface area contributed by atoms with Crippen molar-refractivity contribution in [3.63, 3.8) is 0 Å². The number of carbonyl (C=O) groups excluding carboxylic acids is 1. The molecule has 2 fully saturated rings. The van der Waals surface area contributed by atoms with Gasteiger partial charge in [0.2, 0.25) is 5.91 Å². The number of rotatable bonds is 2. The lowest BCUT2D eigenvalue weighted by Gasteiger charge is -2.38. The van der Waals surface area contributed by atoms with Gasteiger partial charge in [0.05, 0.1) is 6.04 Å². The van der Waals surface area contributed by atoms with Crippen LogP contribution in [0.5, 0.6) is 0 Å². The lowest BCUT2D eigenvalue weighted by molar-refractivity contribution is -0.138. The summed E-state index contributed by atoms with van der Waals surface area (Å²) in [5.74, 6) is -0.0405. The van der Waals surface area contributed by atoms with Gasteiger partial charge in [-0.3, -0.25) is 4.79 Å². The molecule has 2 aliphatic rings. The molecule has 3 N–H and O–H groups in total. The van der Waals surface area contributed by atoms with Gasteiger partial charge >= 0.3 is 0 Å². The molecule has 5 heteroatoms. The van der Waals surface area contributed by atoms with Gasteiger partial charge in [0.1, 0.15) is 5.82 Å². The van der Waals surface area contributed by atoms with Crippen LogP contribution in [-0.2, 0) is 4.79 Å². The van der Waals surface area contributed by atoms with E-state index in [-0.39, 0.29) is 29.7 Å². The van der Waals surface area contributed by atoms with Crippen molar-refractivity contribution >= 4 is 5.91 Å². The van der Waals surface area contributed by atoms with E-state index in [4.69, 9.17) is 5.73 Å². The minimum atomic E-state index is -0.256. The van der Waals surface area contributed by atoms with E-state index < -0.39 is 0 Å². The maximum absolute atomic E-state index is 13.5. The molecular formula is C16H22FN3O. The quantitative estimate of drug-likeness (QED) is 0.866. The van der Waals surface area contributed by atoms with Gasteiger partial charge in [-0.2, -0.15) is 0 Å². The van der Waals surface area contributed by atoms with E-state index in [9.17, 15) is 9.18 Å². The number of carbonyl (C=O) groups is 1. The van der Waals surface area contributed by atoms with Crippen LogP contribution in [0.3, 0.4) is 0 Å². The van der Waals surface area contributed by atoms with Crippen LogP contribution in [0.15, 0.2) is 24.3 Å². The van der Waals surface area contributed by atoms with Gasteiger partial charge in [-0.1, -0.05) is 12.1 Å². The first kappa shape index (κ1) is 14.5. The van der Waals surface area contributed by atoms with Crippen LogP contribution in [0.1, 0.15) is 30.9 Å². The Morgan fingerprint density at radius 3 is 2.95 bits per heavy atom. The second-order valence-corrected chi connectivity index (χ2v) is 6.08. The third kappa shape index (κ3) is 3.09. The molecule has 1 aromatic carbocycles. The van der Waals surface area contributed by atoms with Gasteiger partial charge in [-0.15, -0.1) is 0 Å². The maximum atomic E-state index is 13.5. The highest BCUT2D eigenvalue weighted by molar-refractivity contribution is 5.80. The smallest absolute Gasteiger partial charge is 0.226 e. The van der Waals surface area contributed by atoms with Crippen LogP contribution >= 0.6 is 0 Å². The zero-order chi connectivity index (χ0) is 14.8. The molecule has 1 saturated carbocycles.